The van der Waals surface area contributed by atoms with Crippen molar-refractivity contribution in [2.24, 2.45) is 0 Å². The van der Waals surface area contributed by atoms with Gasteiger partial charge in [0.25, 0.3) is 0 Å². The lowest BCUT2D eigenvalue weighted by Crippen LogP contribution is -2.14. The van der Waals surface area contributed by atoms with Gasteiger partial charge in [-0.15, -0.1) is 12.3 Å². The van der Waals surface area contributed by atoms with Crippen LogP contribution in [0, 0.1) is 24.2 Å². The molecule has 1 N–H and O–H groups in total. The molecule has 1 aromatic rings. The number of hydrogen-bond donors (Lipinski definition) is 1. The van der Waals surface area contributed by atoms with Gasteiger partial charge in [0.2, 0.25) is 0 Å². The Morgan fingerprint density at radius 1 is 1.21 bits per heavy atom. The van der Waals surface area contributed by atoms with E-state index >= 15 is 0 Å². The number of benzene rings is 1. The van der Waals surface area contributed by atoms with Crippen LogP contribution in [-0.2, 0) is 0 Å². The molecule has 0 aliphatic carbocycles. The molecule has 0 atom stereocenters. The zero-order chi connectivity index (χ0) is 10.1. The van der Waals surface area contributed by atoms with Crippen molar-refractivity contribution in [2.45, 2.75) is 6.42 Å². The van der Waals surface area contributed by atoms with E-state index < -0.39 is 0 Å². The SMILES string of the molecule is C#CCCNCC#Cc1ccccc1. The third-order valence-electron chi connectivity index (χ3n) is 1.67. The first-order valence-electron chi connectivity index (χ1n) is 4.61. The first-order valence-corrected chi connectivity index (χ1v) is 4.61. The van der Waals surface area contributed by atoms with E-state index in [0.29, 0.717) is 6.54 Å². The van der Waals surface area contributed by atoms with Crippen LogP contribution in [0.25, 0.3) is 0 Å². The third kappa shape index (κ3) is 4.36. The summed E-state index contributed by atoms with van der Waals surface area (Å²) < 4.78 is 0. The molecule has 14 heavy (non-hydrogen) atoms. The lowest BCUT2D eigenvalue weighted by Gasteiger charge is -1.93. The standard InChI is InChI=1S/C13H13N/c1-2-3-11-14-12-7-10-13-8-5-4-6-9-13/h1,4-6,8-9,14H,3,11-12H2. The van der Waals surface area contributed by atoms with Crippen LogP contribution in [-0.4, -0.2) is 13.1 Å². The van der Waals surface area contributed by atoms with E-state index in [0.717, 1.165) is 18.5 Å². The van der Waals surface area contributed by atoms with E-state index in [1.165, 1.54) is 0 Å². The van der Waals surface area contributed by atoms with Crippen LogP contribution in [0.5, 0.6) is 0 Å². The fourth-order valence-corrected chi connectivity index (χ4v) is 0.979. The molecule has 0 aliphatic heterocycles. The molecule has 0 amide bonds. The molecule has 0 aromatic heterocycles. The normalized spacial score (nSPS) is 8.50. The number of hydrogen-bond acceptors (Lipinski definition) is 1. The van der Waals surface area contributed by atoms with Crippen LogP contribution < -0.4 is 5.32 Å². The minimum Gasteiger partial charge on any atom is -0.305 e. The molecule has 0 saturated heterocycles. The largest absolute Gasteiger partial charge is 0.305 e. The predicted octanol–water partition coefficient (Wildman–Crippen LogP) is 1.65. The minimum atomic E-state index is 0.691. The summed E-state index contributed by atoms with van der Waals surface area (Å²) in [5.74, 6) is 8.65. The molecule has 0 fully saturated rings. The molecule has 0 radical (unpaired) electrons. The van der Waals surface area contributed by atoms with Crippen LogP contribution in [0.3, 0.4) is 0 Å². The van der Waals surface area contributed by atoms with E-state index in [2.05, 4.69) is 23.1 Å². The second-order valence-corrected chi connectivity index (χ2v) is 2.80. The zero-order valence-corrected chi connectivity index (χ0v) is 8.09. The molecule has 0 heterocycles. The molecular formula is C13H13N. The minimum absolute atomic E-state index is 0.691. The van der Waals surface area contributed by atoms with Gasteiger partial charge in [-0.05, 0) is 12.1 Å². The molecule has 1 heteroatoms. The van der Waals surface area contributed by atoms with Gasteiger partial charge >= 0.3 is 0 Å². The molecule has 0 bridgehead atoms. The average molecular weight is 183 g/mol. The van der Waals surface area contributed by atoms with Gasteiger partial charge in [-0.1, -0.05) is 30.0 Å². The van der Waals surface area contributed by atoms with Crippen LogP contribution in [0.1, 0.15) is 12.0 Å². The highest BCUT2D eigenvalue weighted by atomic mass is 14.8. The van der Waals surface area contributed by atoms with Crippen molar-refractivity contribution >= 4 is 0 Å². The molecule has 0 unspecified atom stereocenters. The second-order valence-electron chi connectivity index (χ2n) is 2.80. The summed E-state index contributed by atoms with van der Waals surface area (Å²) in [6.07, 6.45) is 5.87. The summed E-state index contributed by atoms with van der Waals surface area (Å²) in [5, 5.41) is 3.14. The Morgan fingerprint density at radius 3 is 2.71 bits per heavy atom. The van der Waals surface area contributed by atoms with Crippen molar-refractivity contribution < 1.29 is 0 Å². The molecule has 1 aromatic carbocycles. The van der Waals surface area contributed by atoms with Gasteiger partial charge in [-0.3, -0.25) is 0 Å². The predicted molar refractivity (Wildman–Crippen MR) is 59.6 cm³/mol. The number of terminal acetylenes is 1. The quantitative estimate of drug-likeness (QED) is 0.555. The first-order chi connectivity index (χ1) is 6.93. The lowest BCUT2D eigenvalue weighted by atomic mass is 10.2. The fraction of sp³-hybridized carbons (Fsp3) is 0.231. The summed E-state index contributed by atoms with van der Waals surface area (Å²) in [5.41, 5.74) is 1.05. The number of rotatable bonds is 3. The second kappa shape index (κ2) is 6.78. The third-order valence-corrected chi connectivity index (χ3v) is 1.67. The van der Waals surface area contributed by atoms with E-state index in [-0.39, 0.29) is 0 Å². The zero-order valence-electron chi connectivity index (χ0n) is 8.09. The van der Waals surface area contributed by atoms with E-state index in [9.17, 15) is 0 Å². The Bertz CT molecular complexity index is 348. The Hall–Kier alpha value is -1.70. The van der Waals surface area contributed by atoms with Gasteiger partial charge in [-0.25, -0.2) is 0 Å². The van der Waals surface area contributed by atoms with Crippen molar-refractivity contribution in [3.63, 3.8) is 0 Å². The summed E-state index contributed by atoms with van der Waals surface area (Å²) in [6.45, 7) is 1.52. The summed E-state index contributed by atoms with van der Waals surface area (Å²) in [7, 11) is 0. The maximum absolute atomic E-state index is 5.11. The van der Waals surface area contributed by atoms with Crippen LogP contribution in [0.15, 0.2) is 30.3 Å². The summed E-state index contributed by atoms with van der Waals surface area (Å²) in [6, 6.07) is 9.94. The van der Waals surface area contributed by atoms with Crippen molar-refractivity contribution in [2.75, 3.05) is 13.1 Å². The highest BCUT2D eigenvalue weighted by molar-refractivity contribution is 5.33. The smallest absolute Gasteiger partial charge is 0.0580 e. The Morgan fingerprint density at radius 2 is 2.00 bits per heavy atom. The molecule has 1 rings (SSSR count). The summed E-state index contributed by atoms with van der Waals surface area (Å²) in [4.78, 5) is 0. The van der Waals surface area contributed by atoms with Gasteiger partial charge in [0.05, 0.1) is 6.54 Å². The van der Waals surface area contributed by atoms with Crippen LogP contribution in [0.2, 0.25) is 0 Å². The monoisotopic (exact) mass is 183 g/mol. The van der Waals surface area contributed by atoms with Crippen molar-refractivity contribution in [1.82, 2.24) is 5.32 Å². The molecule has 0 saturated carbocycles. The number of nitrogens with one attached hydrogen (secondary N) is 1. The van der Waals surface area contributed by atoms with Gasteiger partial charge in [0, 0.05) is 18.5 Å². The Balaban J connectivity index is 2.25. The van der Waals surface area contributed by atoms with E-state index in [4.69, 9.17) is 6.42 Å². The maximum Gasteiger partial charge on any atom is 0.0580 e. The van der Waals surface area contributed by atoms with Gasteiger partial charge in [0.15, 0.2) is 0 Å². The molecule has 70 valence electrons. The van der Waals surface area contributed by atoms with Crippen LogP contribution in [0.4, 0.5) is 0 Å². The van der Waals surface area contributed by atoms with Crippen molar-refractivity contribution in [3.8, 4) is 24.2 Å². The Kier molecular flexibility index (Phi) is 5.03. The highest BCUT2D eigenvalue weighted by Gasteiger charge is 1.81. The lowest BCUT2D eigenvalue weighted by molar-refractivity contribution is 0.774. The average Bonchev–Trinajstić information content (AvgIpc) is 2.25. The van der Waals surface area contributed by atoms with Crippen molar-refractivity contribution in [3.05, 3.63) is 35.9 Å². The highest BCUT2D eigenvalue weighted by Crippen LogP contribution is 1.93. The summed E-state index contributed by atoms with van der Waals surface area (Å²) >= 11 is 0. The first kappa shape index (κ1) is 10.4. The maximum atomic E-state index is 5.11. The van der Waals surface area contributed by atoms with E-state index in [1.54, 1.807) is 0 Å². The topological polar surface area (TPSA) is 12.0 Å². The molecule has 0 spiro atoms. The van der Waals surface area contributed by atoms with Crippen LogP contribution >= 0.6 is 0 Å². The molecule has 1 nitrogen and oxygen atoms in total. The van der Waals surface area contributed by atoms with Gasteiger partial charge in [-0.2, -0.15) is 0 Å². The van der Waals surface area contributed by atoms with E-state index in [1.807, 2.05) is 30.3 Å². The molecular weight excluding hydrogens is 170 g/mol. The van der Waals surface area contributed by atoms with Gasteiger partial charge in [0.1, 0.15) is 0 Å². The van der Waals surface area contributed by atoms with Crippen molar-refractivity contribution in [1.29, 1.82) is 0 Å². The Labute approximate surface area is 85.5 Å². The fourth-order valence-electron chi connectivity index (χ4n) is 0.979. The molecule has 0 aliphatic rings. The van der Waals surface area contributed by atoms with Gasteiger partial charge < -0.3 is 5.32 Å².